The lowest BCUT2D eigenvalue weighted by atomic mass is 10.1. The van der Waals surface area contributed by atoms with Crippen LogP contribution >= 0.6 is 11.6 Å². The summed E-state index contributed by atoms with van der Waals surface area (Å²) < 4.78 is 20.5. The van der Waals surface area contributed by atoms with Crippen LogP contribution in [0.4, 0.5) is 10.1 Å². The second kappa shape index (κ2) is 7.82. The van der Waals surface area contributed by atoms with Crippen molar-refractivity contribution >= 4 is 23.1 Å². The predicted octanol–water partition coefficient (Wildman–Crippen LogP) is 5.06. The zero-order valence-electron chi connectivity index (χ0n) is 15.1. The van der Waals surface area contributed by atoms with Crippen molar-refractivity contribution in [3.05, 3.63) is 86.4 Å². The quantitative estimate of drug-likeness (QED) is 0.328. The lowest BCUT2D eigenvalue weighted by molar-refractivity contribution is -0.384. The van der Waals surface area contributed by atoms with Crippen LogP contribution in [0.25, 0.3) is 5.69 Å². The first kappa shape index (κ1) is 19.6. The number of nitrogens with zero attached hydrogens (tertiary/aromatic N) is 2. The van der Waals surface area contributed by atoms with Gasteiger partial charge < -0.3 is 9.30 Å². The van der Waals surface area contributed by atoms with Crippen molar-refractivity contribution < 1.29 is 18.8 Å². The molecule has 1 aromatic heterocycles. The number of hydrogen-bond donors (Lipinski definition) is 0. The number of benzene rings is 2. The Kier molecular flexibility index (Phi) is 5.46. The van der Waals surface area contributed by atoms with Crippen molar-refractivity contribution in [2.24, 2.45) is 0 Å². The third-order valence-electron chi connectivity index (χ3n) is 4.30. The van der Waals surface area contributed by atoms with Crippen LogP contribution in [-0.2, 0) is 0 Å². The molecule has 3 rings (SSSR count). The van der Waals surface area contributed by atoms with E-state index in [2.05, 4.69) is 0 Å². The van der Waals surface area contributed by atoms with Gasteiger partial charge in [0, 0.05) is 34.8 Å². The second-order valence-electron chi connectivity index (χ2n) is 6.18. The highest BCUT2D eigenvalue weighted by atomic mass is 35.5. The summed E-state index contributed by atoms with van der Waals surface area (Å²) in [4.78, 5) is 22.8. The average molecular weight is 403 g/mol. The molecular formula is C20H16ClFN2O4. The Balaban J connectivity index is 1.79. The number of carbonyl (C=O) groups excluding carboxylic acids is 1. The fourth-order valence-electron chi connectivity index (χ4n) is 2.97. The van der Waals surface area contributed by atoms with Crippen LogP contribution in [0.1, 0.15) is 21.7 Å². The molecule has 0 saturated heterocycles. The van der Waals surface area contributed by atoms with Crippen LogP contribution in [-0.4, -0.2) is 21.9 Å². The van der Waals surface area contributed by atoms with Gasteiger partial charge in [0.05, 0.1) is 9.95 Å². The third-order valence-corrected chi connectivity index (χ3v) is 4.60. The van der Waals surface area contributed by atoms with E-state index in [9.17, 15) is 19.3 Å². The minimum atomic E-state index is -0.564. The zero-order valence-corrected chi connectivity index (χ0v) is 15.9. The number of nitro groups is 1. The Hall–Kier alpha value is -3.19. The number of non-ortho nitro benzene ring substituents is 1. The Labute approximate surface area is 165 Å². The van der Waals surface area contributed by atoms with Gasteiger partial charge in [0.25, 0.3) is 5.69 Å². The molecule has 0 amide bonds. The number of rotatable bonds is 6. The highest BCUT2D eigenvalue weighted by Gasteiger charge is 2.18. The Bertz CT molecular complexity index is 1060. The van der Waals surface area contributed by atoms with Gasteiger partial charge >= 0.3 is 0 Å². The molecule has 28 heavy (non-hydrogen) atoms. The molecule has 0 aliphatic rings. The van der Waals surface area contributed by atoms with Crippen molar-refractivity contribution in [3.8, 4) is 11.4 Å². The molecule has 3 aromatic rings. The first-order valence-electron chi connectivity index (χ1n) is 8.32. The summed E-state index contributed by atoms with van der Waals surface area (Å²) in [7, 11) is 0. The van der Waals surface area contributed by atoms with E-state index in [-0.39, 0.29) is 34.7 Å². The molecular weight excluding hydrogens is 387 g/mol. The number of aromatic nitrogens is 1. The molecule has 2 aromatic carbocycles. The van der Waals surface area contributed by atoms with Gasteiger partial charge in [-0.2, -0.15) is 0 Å². The molecule has 0 bridgehead atoms. The SMILES string of the molecule is Cc1cc(C(=O)COc2ccc([N+](=O)[O-])cc2Cl)c(C)n1-c1ccc(F)cc1. The summed E-state index contributed by atoms with van der Waals surface area (Å²) in [6.45, 7) is 3.37. The predicted molar refractivity (Wildman–Crippen MR) is 103 cm³/mol. The lowest BCUT2D eigenvalue weighted by Gasteiger charge is -2.10. The van der Waals surface area contributed by atoms with Crippen molar-refractivity contribution in [2.45, 2.75) is 13.8 Å². The number of nitro benzene ring substituents is 1. The van der Waals surface area contributed by atoms with Crippen molar-refractivity contribution in [3.63, 3.8) is 0 Å². The summed E-state index contributed by atoms with van der Waals surface area (Å²) in [6, 6.07) is 11.5. The number of carbonyl (C=O) groups is 1. The van der Waals surface area contributed by atoms with Crippen molar-refractivity contribution in [2.75, 3.05) is 6.61 Å². The molecule has 0 N–H and O–H groups in total. The first-order valence-corrected chi connectivity index (χ1v) is 8.70. The van der Waals surface area contributed by atoms with Crippen LogP contribution in [0.2, 0.25) is 5.02 Å². The minimum absolute atomic E-state index is 0.0544. The summed E-state index contributed by atoms with van der Waals surface area (Å²) in [5, 5.41) is 10.8. The largest absolute Gasteiger partial charge is 0.484 e. The van der Waals surface area contributed by atoms with E-state index in [1.807, 2.05) is 11.5 Å². The van der Waals surface area contributed by atoms with E-state index in [4.69, 9.17) is 16.3 Å². The normalized spacial score (nSPS) is 10.7. The second-order valence-corrected chi connectivity index (χ2v) is 6.59. The maximum Gasteiger partial charge on any atom is 0.271 e. The standard InChI is InChI=1S/C20H16ClFN2O4/c1-12-9-17(13(2)23(12)15-5-3-14(22)4-6-15)19(25)11-28-20-8-7-16(24(26)27)10-18(20)21/h3-10H,11H2,1-2H3. The fourth-order valence-corrected chi connectivity index (χ4v) is 3.20. The monoisotopic (exact) mass is 402 g/mol. The maximum atomic E-state index is 13.2. The summed E-state index contributed by atoms with van der Waals surface area (Å²) in [5.41, 5.74) is 2.58. The van der Waals surface area contributed by atoms with Gasteiger partial charge in [-0.15, -0.1) is 0 Å². The van der Waals surface area contributed by atoms with Crippen LogP contribution in [0, 0.1) is 29.8 Å². The van der Waals surface area contributed by atoms with E-state index in [0.29, 0.717) is 11.3 Å². The van der Waals surface area contributed by atoms with Crippen LogP contribution in [0.5, 0.6) is 5.75 Å². The van der Waals surface area contributed by atoms with E-state index < -0.39 is 4.92 Å². The number of Topliss-reactive ketones (excluding diaryl/α,β-unsaturated/α-hetero) is 1. The fraction of sp³-hybridized carbons (Fsp3) is 0.150. The molecule has 0 spiro atoms. The number of halogens is 2. The number of hydrogen-bond acceptors (Lipinski definition) is 4. The highest BCUT2D eigenvalue weighted by Crippen LogP contribution is 2.29. The summed E-state index contributed by atoms with van der Waals surface area (Å²) >= 11 is 5.98. The van der Waals surface area contributed by atoms with Gasteiger partial charge in [-0.05, 0) is 50.2 Å². The maximum absolute atomic E-state index is 13.2. The number of ketones is 1. The summed E-state index contributed by atoms with van der Waals surface area (Å²) in [6.07, 6.45) is 0. The van der Waals surface area contributed by atoms with E-state index in [1.165, 1.54) is 30.3 Å². The summed E-state index contributed by atoms with van der Waals surface area (Å²) in [5.74, 6) is -0.417. The van der Waals surface area contributed by atoms with Gasteiger partial charge in [-0.25, -0.2) is 4.39 Å². The zero-order chi connectivity index (χ0) is 20.4. The third kappa shape index (κ3) is 3.89. The molecule has 0 aliphatic carbocycles. The topological polar surface area (TPSA) is 74.4 Å². The molecule has 6 nitrogen and oxygen atoms in total. The van der Waals surface area contributed by atoms with Crippen molar-refractivity contribution in [1.82, 2.24) is 4.57 Å². The van der Waals surface area contributed by atoms with Gasteiger partial charge in [0.1, 0.15) is 11.6 Å². The molecule has 0 unspecified atom stereocenters. The smallest absolute Gasteiger partial charge is 0.271 e. The van der Waals surface area contributed by atoms with E-state index in [1.54, 1.807) is 25.1 Å². The molecule has 0 atom stereocenters. The molecule has 0 radical (unpaired) electrons. The molecule has 8 heteroatoms. The Morgan fingerprint density at radius 1 is 1.18 bits per heavy atom. The molecule has 0 fully saturated rings. The molecule has 0 aliphatic heterocycles. The lowest BCUT2D eigenvalue weighted by Crippen LogP contribution is -2.13. The average Bonchev–Trinajstić information content (AvgIpc) is 2.95. The molecule has 1 heterocycles. The molecule has 0 saturated carbocycles. The van der Waals surface area contributed by atoms with Crippen molar-refractivity contribution in [1.29, 1.82) is 0 Å². The first-order chi connectivity index (χ1) is 13.3. The number of ether oxygens (including phenoxy) is 1. The highest BCUT2D eigenvalue weighted by molar-refractivity contribution is 6.32. The van der Waals surface area contributed by atoms with Gasteiger partial charge in [-0.1, -0.05) is 11.6 Å². The van der Waals surface area contributed by atoms with Gasteiger partial charge in [0.15, 0.2) is 6.61 Å². The Morgan fingerprint density at radius 2 is 1.86 bits per heavy atom. The minimum Gasteiger partial charge on any atom is -0.484 e. The number of aryl methyl sites for hydroxylation is 1. The van der Waals surface area contributed by atoms with E-state index >= 15 is 0 Å². The van der Waals surface area contributed by atoms with Crippen LogP contribution in [0.15, 0.2) is 48.5 Å². The van der Waals surface area contributed by atoms with Crippen LogP contribution in [0.3, 0.4) is 0 Å². The van der Waals surface area contributed by atoms with E-state index in [0.717, 1.165) is 11.4 Å². The van der Waals surface area contributed by atoms with Gasteiger partial charge in [-0.3, -0.25) is 14.9 Å². The van der Waals surface area contributed by atoms with Crippen LogP contribution < -0.4 is 4.74 Å². The molecule has 144 valence electrons. The van der Waals surface area contributed by atoms with Gasteiger partial charge in [0.2, 0.25) is 5.78 Å². The Morgan fingerprint density at radius 3 is 2.46 bits per heavy atom.